The van der Waals surface area contributed by atoms with Crippen LogP contribution in [0.4, 0.5) is 0 Å². The third-order valence-electron chi connectivity index (χ3n) is 7.59. The minimum absolute atomic E-state index is 0.105. The Labute approximate surface area is 184 Å². The zero-order valence-corrected chi connectivity index (χ0v) is 18.9. The fourth-order valence-corrected chi connectivity index (χ4v) is 5.71. The van der Waals surface area contributed by atoms with E-state index in [0.717, 1.165) is 64.4 Å². The first-order valence-corrected chi connectivity index (χ1v) is 11.7. The highest BCUT2D eigenvalue weighted by Crippen LogP contribution is 2.48. The topological polar surface area (TPSA) is 92.6 Å². The van der Waals surface area contributed by atoms with Crippen LogP contribution in [0.2, 0.25) is 0 Å². The number of nitrogens with one attached hydrogen (secondary N) is 1. The number of aromatic nitrogens is 3. The Morgan fingerprint density at radius 3 is 2.77 bits per heavy atom. The third-order valence-corrected chi connectivity index (χ3v) is 7.59. The van der Waals surface area contributed by atoms with Crippen molar-refractivity contribution in [3.05, 3.63) is 12.2 Å². The van der Waals surface area contributed by atoms with Gasteiger partial charge in [0.2, 0.25) is 11.8 Å². The summed E-state index contributed by atoms with van der Waals surface area (Å²) in [4.78, 5) is 30.5. The molecule has 3 fully saturated rings. The molecule has 1 N–H and O–H groups in total. The van der Waals surface area contributed by atoms with E-state index in [4.69, 9.17) is 4.74 Å². The predicted molar refractivity (Wildman–Crippen MR) is 115 cm³/mol. The summed E-state index contributed by atoms with van der Waals surface area (Å²) < 4.78 is 7.41. The second-order valence-electron chi connectivity index (χ2n) is 9.25. The summed E-state index contributed by atoms with van der Waals surface area (Å²) in [6.45, 7) is 7.31. The van der Waals surface area contributed by atoms with Gasteiger partial charge in [0.25, 0.3) is 0 Å². The maximum Gasteiger partial charge on any atom is 0.228 e. The molecule has 0 aromatic carbocycles. The molecule has 0 bridgehead atoms. The standard InChI is InChI=1S/C22H36N6O3/c1-3-20(29)28-9-6-17-14-18(27-10-12-31-13-11-27)4-7-22(17,15-28)21(30)23-8-5-19-25-24-16-26(19)2/h16-18H,3-15H2,1-2H3,(H,23,30)/t17-,18+,22-/m1/s1. The molecule has 31 heavy (non-hydrogen) atoms. The molecule has 4 rings (SSSR count). The number of hydrogen-bond donors (Lipinski definition) is 1. The molecule has 2 aliphatic heterocycles. The monoisotopic (exact) mass is 432 g/mol. The molecule has 1 aromatic rings. The fraction of sp³-hybridized carbons (Fsp3) is 0.818. The van der Waals surface area contributed by atoms with Crippen molar-refractivity contribution < 1.29 is 14.3 Å². The first-order chi connectivity index (χ1) is 15.0. The van der Waals surface area contributed by atoms with Gasteiger partial charge in [-0.3, -0.25) is 14.5 Å². The Morgan fingerprint density at radius 2 is 2.06 bits per heavy atom. The number of morpholine rings is 1. The Hall–Kier alpha value is -2.00. The largest absolute Gasteiger partial charge is 0.379 e. The number of carbonyl (C=O) groups is 2. The van der Waals surface area contributed by atoms with Gasteiger partial charge in [-0.15, -0.1) is 10.2 Å². The summed E-state index contributed by atoms with van der Waals surface area (Å²) in [7, 11) is 1.91. The average Bonchev–Trinajstić information content (AvgIpc) is 3.22. The van der Waals surface area contributed by atoms with Gasteiger partial charge in [0.15, 0.2) is 0 Å². The van der Waals surface area contributed by atoms with E-state index in [1.165, 1.54) is 0 Å². The van der Waals surface area contributed by atoms with E-state index in [2.05, 4.69) is 20.4 Å². The summed E-state index contributed by atoms with van der Waals surface area (Å²) in [5.41, 5.74) is -0.480. The van der Waals surface area contributed by atoms with Gasteiger partial charge in [0.1, 0.15) is 12.2 Å². The zero-order valence-electron chi connectivity index (χ0n) is 18.9. The van der Waals surface area contributed by atoms with E-state index in [9.17, 15) is 9.59 Å². The number of piperidine rings is 1. The van der Waals surface area contributed by atoms with Crippen LogP contribution in [0.25, 0.3) is 0 Å². The number of aryl methyl sites for hydroxylation is 1. The second-order valence-corrected chi connectivity index (χ2v) is 9.25. The molecule has 0 spiro atoms. The van der Waals surface area contributed by atoms with Crippen molar-refractivity contribution in [2.75, 3.05) is 45.9 Å². The van der Waals surface area contributed by atoms with Crippen LogP contribution < -0.4 is 5.32 Å². The van der Waals surface area contributed by atoms with Gasteiger partial charge in [-0.05, 0) is 31.6 Å². The number of nitrogens with zero attached hydrogens (tertiary/aromatic N) is 5. The molecule has 1 aliphatic carbocycles. The quantitative estimate of drug-likeness (QED) is 0.708. The van der Waals surface area contributed by atoms with Gasteiger partial charge < -0.3 is 19.5 Å². The smallest absolute Gasteiger partial charge is 0.228 e. The SMILES string of the molecule is CCC(=O)N1CC[C@@H]2C[C@@H](N3CCOCC3)CC[C@@]2(C(=O)NCCc2nncn2C)C1. The maximum absolute atomic E-state index is 13.6. The summed E-state index contributed by atoms with van der Waals surface area (Å²) in [6, 6.07) is 0.516. The van der Waals surface area contributed by atoms with Crippen LogP contribution in [0.5, 0.6) is 0 Å². The molecule has 9 heteroatoms. The van der Waals surface area contributed by atoms with Gasteiger partial charge >= 0.3 is 0 Å². The Kier molecular flexibility index (Phi) is 6.91. The van der Waals surface area contributed by atoms with E-state index in [-0.39, 0.29) is 11.8 Å². The van der Waals surface area contributed by atoms with E-state index in [0.29, 0.717) is 37.9 Å². The number of hydrogen-bond acceptors (Lipinski definition) is 6. The van der Waals surface area contributed by atoms with E-state index in [1.807, 2.05) is 23.4 Å². The van der Waals surface area contributed by atoms with Gasteiger partial charge in [0, 0.05) is 58.7 Å². The summed E-state index contributed by atoms with van der Waals surface area (Å²) in [6.07, 6.45) is 6.59. The Bertz CT molecular complexity index is 777. The Balaban J connectivity index is 1.45. The number of rotatable bonds is 6. The van der Waals surface area contributed by atoms with E-state index < -0.39 is 5.41 Å². The average molecular weight is 433 g/mol. The molecular formula is C22H36N6O3. The van der Waals surface area contributed by atoms with Crippen molar-refractivity contribution in [2.45, 2.75) is 51.5 Å². The number of ether oxygens (including phenoxy) is 1. The van der Waals surface area contributed by atoms with Crippen LogP contribution in [0.15, 0.2) is 6.33 Å². The number of fused-ring (bicyclic) bond motifs is 1. The molecule has 3 aliphatic rings. The molecule has 172 valence electrons. The van der Waals surface area contributed by atoms with Crippen LogP contribution in [0.1, 0.15) is 44.9 Å². The molecule has 3 heterocycles. The minimum atomic E-state index is -0.480. The molecule has 9 nitrogen and oxygen atoms in total. The van der Waals surface area contributed by atoms with Crippen LogP contribution in [-0.2, 0) is 27.8 Å². The minimum Gasteiger partial charge on any atom is -0.379 e. The highest BCUT2D eigenvalue weighted by molar-refractivity contribution is 5.85. The van der Waals surface area contributed by atoms with Crippen molar-refractivity contribution in [2.24, 2.45) is 18.4 Å². The van der Waals surface area contributed by atoms with Crippen molar-refractivity contribution in [3.63, 3.8) is 0 Å². The third kappa shape index (κ3) is 4.62. The molecule has 2 amide bonds. The van der Waals surface area contributed by atoms with Crippen LogP contribution in [0, 0.1) is 11.3 Å². The van der Waals surface area contributed by atoms with E-state index in [1.54, 1.807) is 6.33 Å². The number of carbonyl (C=O) groups excluding carboxylic acids is 2. The van der Waals surface area contributed by atoms with Crippen LogP contribution in [0.3, 0.4) is 0 Å². The molecule has 0 unspecified atom stereocenters. The first kappa shape index (κ1) is 22.2. The normalized spacial score (nSPS) is 29.4. The summed E-state index contributed by atoms with van der Waals surface area (Å²) in [5, 5.41) is 11.2. The van der Waals surface area contributed by atoms with E-state index >= 15 is 0 Å². The molecule has 1 aromatic heterocycles. The van der Waals surface area contributed by atoms with Crippen molar-refractivity contribution >= 4 is 11.8 Å². The van der Waals surface area contributed by atoms with Crippen LogP contribution >= 0.6 is 0 Å². The van der Waals surface area contributed by atoms with Crippen molar-refractivity contribution in [1.82, 2.24) is 29.9 Å². The van der Waals surface area contributed by atoms with Gasteiger partial charge in [-0.25, -0.2) is 0 Å². The number of amides is 2. The van der Waals surface area contributed by atoms with Gasteiger partial charge in [0.05, 0.1) is 18.6 Å². The summed E-state index contributed by atoms with van der Waals surface area (Å²) >= 11 is 0. The fourth-order valence-electron chi connectivity index (χ4n) is 5.71. The highest BCUT2D eigenvalue weighted by atomic mass is 16.5. The second kappa shape index (κ2) is 9.65. The predicted octanol–water partition coefficient (Wildman–Crippen LogP) is 0.603. The van der Waals surface area contributed by atoms with Gasteiger partial charge in [-0.1, -0.05) is 6.92 Å². The first-order valence-electron chi connectivity index (χ1n) is 11.7. The molecule has 0 radical (unpaired) electrons. The number of likely N-dealkylation sites (tertiary alicyclic amines) is 1. The highest BCUT2D eigenvalue weighted by Gasteiger charge is 2.53. The Morgan fingerprint density at radius 1 is 1.26 bits per heavy atom. The lowest BCUT2D eigenvalue weighted by molar-refractivity contribution is -0.151. The molecule has 2 saturated heterocycles. The molecule has 3 atom stereocenters. The molecular weight excluding hydrogens is 396 g/mol. The lowest BCUT2D eigenvalue weighted by atomic mass is 9.60. The summed E-state index contributed by atoms with van der Waals surface area (Å²) in [5.74, 6) is 1.43. The molecule has 1 saturated carbocycles. The lowest BCUT2D eigenvalue weighted by Crippen LogP contribution is -2.61. The van der Waals surface area contributed by atoms with Crippen molar-refractivity contribution in [3.8, 4) is 0 Å². The maximum atomic E-state index is 13.6. The lowest BCUT2D eigenvalue weighted by Gasteiger charge is -2.53. The van der Waals surface area contributed by atoms with Crippen molar-refractivity contribution in [1.29, 1.82) is 0 Å². The van der Waals surface area contributed by atoms with Crippen LogP contribution in [-0.4, -0.2) is 88.4 Å². The van der Waals surface area contributed by atoms with Gasteiger partial charge in [-0.2, -0.15) is 0 Å². The zero-order chi connectivity index (χ0) is 21.8.